The molecule has 138 valence electrons. The fraction of sp³-hybridized carbons (Fsp3) is 0.158. The minimum Gasteiger partial charge on any atom is -0.349 e. The minimum absolute atomic E-state index is 0.0854. The normalized spacial score (nSPS) is 11.6. The van der Waals surface area contributed by atoms with Gasteiger partial charge >= 0.3 is 0 Å². The SMILES string of the molecule is CC(=O)NC(CC(=O)Nc1ccc(-n2cccn2)nc1)c1ccc(Cl)cc1. The van der Waals surface area contributed by atoms with Crippen LogP contribution in [0.3, 0.4) is 0 Å². The van der Waals surface area contributed by atoms with Crippen molar-refractivity contribution >= 4 is 29.1 Å². The molecule has 2 heterocycles. The lowest BCUT2D eigenvalue weighted by molar-refractivity contribution is -0.120. The van der Waals surface area contributed by atoms with Crippen LogP contribution in [0.15, 0.2) is 61.1 Å². The van der Waals surface area contributed by atoms with Gasteiger partial charge < -0.3 is 10.6 Å². The average molecular weight is 384 g/mol. The topological polar surface area (TPSA) is 88.9 Å². The summed E-state index contributed by atoms with van der Waals surface area (Å²) >= 11 is 5.91. The highest BCUT2D eigenvalue weighted by molar-refractivity contribution is 6.30. The fourth-order valence-corrected chi connectivity index (χ4v) is 2.72. The van der Waals surface area contributed by atoms with Gasteiger partial charge in [0.15, 0.2) is 5.82 Å². The number of nitrogens with zero attached hydrogens (tertiary/aromatic N) is 3. The number of amides is 2. The van der Waals surface area contributed by atoms with Crippen molar-refractivity contribution < 1.29 is 9.59 Å². The quantitative estimate of drug-likeness (QED) is 0.684. The van der Waals surface area contributed by atoms with E-state index in [0.29, 0.717) is 16.5 Å². The third kappa shape index (κ3) is 5.15. The molecule has 8 heteroatoms. The van der Waals surface area contributed by atoms with Crippen molar-refractivity contribution in [2.24, 2.45) is 0 Å². The maximum absolute atomic E-state index is 12.4. The molecule has 3 aromatic rings. The van der Waals surface area contributed by atoms with Crippen molar-refractivity contribution in [1.29, 1.82) is 0 Å². The molecule has 0 aliphatic rings. The molecule has 2 aromatic heterocycles. The van der Waals surface area contributed by atoms with Crippen LogP contribution < -0.4 is 10.6 Å². The zero-order valence-corrected chi connectivity index (χ0v) is 15.3. The van der Waals surface area contributed by atoms with E-state index in [1.165, 1.54) is 6.92 Å². The third-order valence-electron chi connectivity index (χ3n) is 3.81. The highest BCUT2D eigenvalue weighted by Gasteiger charge is 2.17. The molecule has 1 atom stereocenters. The van der Waals surface area contributed by atoms with E-state index in [1.807, 2.05) is 0 Å². The van der Waals surface area contributed by atoms with Crippen molar-refractivity contribution in [2.45, 2.75) is 19.4 Å². The van der Waals surface area contributed by atoms with Crippen molar-refractivity contribution in [3.05, 3.63) is 71.6 Å². The monoisotopic (exact) mass is 383 g/mol. The van der Waals surface area contributed by atoms with Gasteiger partial charge in [-0.05, 0) is 35.9 Å². The van der Waals surface area contributed by atoms with E-state index in [2.05, 4.69) is 20.7 Å². The Kier molecular flexibility index (Phi) is 5.83. The smallest absolute Gasteiger partial charge is 0.226 e. The van der Waals surface area contributed by atoms with Crippen LogP contribution in [-0.4, -0.2) is 26.6 Å². The predicted octanol–water partition coefficient (Wildman–Crippen LogP) is 3.13. The number of rotatable bonds is 6. The van der Waals surface area contributed by atoms with Crippen LogP contribution in [0.5, 0.6) is 0 Å². The van der Waals surface area contributed by atoms with Gasteiger partial charge in [-0.2, -0.15) is 5.10 Å². The van der Waals surface area contributed by atoms with Crippen molar-refractivity contribution in [1.82, 2.24) is 20.1 Å². The van der Waals surface area contributed by atoms with Gasteiger partial charge in [0.05, 0.1) is 24.3 Å². The molecule has 3 rings (SSSR count). The van der Waals surface area contributed by atoms with Gasteiger partial charge in [0, 0.05) is 24.3 Å². The van der Waals surface area contributed by atoms with Crippen LogP contribution >= 0.6 is 11.6 Å². The molecular weight excluding hydrogens is 366 g/mol. The average Bonchev–Trinajstić information content (AvgIpc) is 3.17. The van der Waals surface area contributed by atoms with Gasteiger partial charge in [-0.1, -0.05) is 23.7 Å². The summed E-state index contributed by atoms with van der Waals surface area (Å²) < 4.78 is 1.62. The zero-order chi connectivity index (χ0) is 19.2. The maximum Gasteiger partial charge on any atom is 0.226 e. The van der Waals surface area contributed by atoms with Gasteiger partial charge in [0.25, 0.3) is 0 Å². The van der Waals surface area contributed by atoms with E-state index < -0.39 is 6.04 Å². The van der Waals surface area contributed by atoms with Crippen LogP contribution in [0.4, 0.5) is 5.69 Å². The van der Waals surface area contributed by atoms with Gasteiger partial charge in [-0.15, -0.1) is 0 Å². The Morgan fingerprint density at radius 3 is 2.56 bits per heavy atom. The van der Waals surface area contributed by atoms with Crippen molar-refractivity contribution in [3.8, 4) is 5.82 Å². The summed E-state index contributed by atoms with van der Waals surface area (Å²) in [6.07, 6.45) is 5.09. The zero-order valence-electron chi connectivity index (χ0n) is 14.6. The molecule has 0 aliphatic carbocycles. The van der Waals surface area contributed by atoms with E-state index in [9.17, 15) is 9.59 Å². The second kappa shape index (κ2) is 8.46. The van der Waals surface area contributed by atoms with Gasteiger partial charge in [-0.25, -0.2) is 9.67 Å². The standard InChI is InChI=1S/C19H18ClN5O2/c1-13(26)23-17(14-3-5-15(20)6-4-14)11-19(27)24-16-7-8-18(21-12-16)25-10-2-9-22-25/h2-10,12,17H,11H2,1H3,(H,23,26)(H,24,27). The summed E-state index contributed by atoms with van der Waals surface area (Å²) in [4.78, 5) is 28.2. The van der Waals surface area contributed by atoms with Gasteiger partial charge in [0.2, 0.25) is 11.8 Å². The van der Waals surface area contributed by atoms with Crippen LogP contribution in [-0.2, 0) is 9.59 Å². The van der Waals surface area contributed by atoms with Crippen LogP contribution in [0, 0.1) is 0 Å². The summed E-state index contributed by atoms with van der Waals surface area (Å²) in [7, 11) is 0. The highest BCUT2D eigenvalue weighted by atomic mass is 35.5. The number of aromatic nitrogens is 3. The first-order valence-corrected chi connectivity index (χ1v) is 8.67. The molecule has 0 fully saturated rings. The first kappa shape index (κ1) is 18.6. The molecule has 2 N–H and O–H groups in total. The molecule has 0 saturated carbocycles. The minimum atomic E-state index is -0.448. The summed E-state index contributed by atoms with van der Waals surface area (Å²) in [5.74, 6) is 0.195. The predicted molar refractivity (Wildman–Crippen MR) is 103 cm³/mol. The number of hydrogen-bond donors (Lipinski definition) is 2. The molecule has 1 aromatic carbocycles. The lowest BCUT2D eigenvalue weighted by Gasteiger charge is -2.18. The molecule has 7 nitrogen and oxygen atoms in total. The second-order valence-corrected chi connectivity index (χ2v) is 6.35. The first-order chi connectivity index (χ1) is 13.0. The number of anilines is 1. The second-order valence-electron chi connectivity index (χ2n) is 5.91. The number of carbonyl (C=O) groups excluding carboxylic acids is 2. The summed E-state index contributed by atoms with van der Waals surface area (Å²) in [5, 5.41) is 10.3. The molecular formula is C19H18ClN5O2. The van der Waals surface area contributed by atoms with E-state index in [1.54, 1.807) is 65.7 Å². The van der Waals surface area contributed by atoms with E-state index in [0.717, 1.165) is 5.56 Å². The van der Waals surface area contributed by atoms with Crippen LogP contribution in [0.2, 0.25) is 5.02 Å². The molecule has 0 radical (unpaired) electrons. The summed E-state index contributed by atoms with van der Waals surface area (Å²) in [6.45, 7) is 1.42. The molecule has 0 spiro atoms. The number of pyridine rings is 1. The molecule has 27 heavy (non-hydrogen) atoms. The first-order valence-electron chi connectivity index (χ1n) is 8.30. The number of carbonyl (C=O) groups is 2. The maximum atomic E-state index is 12.4. The summed E-state index contributed by atoms with van der Waals surface area (Å²) in [5.41, 5.74) is 1.37. The van der Waals surface area contributed by atoms with Gasteiger partial charge in [0.1, 0.15) is 0 Å². The third-order valence-corrected chi connectivity index (χ3v) is 4.06. The Labute approximate surface area is 161 Å². The van der Waals surface area contributed by atoms with Crippen LogP contribution in [0.25, 0.3) is 5.82 Å². The highest BCUT2D eigenvalue weighted by Crippen LogP contribution is 2.20. The Morgan fingerprint density at radius 1 is 1.19 bits per heavy atom. The van der Waals surface area contributed by atoms with E-state index in [-0.39, 0.29) is 18.2 Å². The van der Waals surface area contributed by atoms with E-state index >= 15 is 0 Å². The molecule has 0 aliphatic heterocycles. The summed E-state index contributed by atoms with van der Waals surface area (Å²) in [6, 6.07) is 11.9. The Hall–Kier alpha value is -3.19. The Morgan fingerprint density at radius 2 is 1.96 bits per heavy atom. The Balaban J connectivity index is 1.66. The lowest BCUT2D eigenvalue weighted by atomic mass is 10.0. The van der Waals surface area contributed by atoms with Crippen molar-refractivity contribution in [2.75, 3.05) is 5.32 Å². The molecule has 2 amide bonds. The number of hydrogen-bond acceptors (Lipinski definition) is 4. The molecule has 0 bridgehead atoms. The van der Waals surface area contributed by atoms with Crippen LogP contribution in [0.1, 0.15) is 24.9 Å². The number of halogens is 1. The number of benzene rings is 1. The fourth-order valence-electron chi connectivity index (χ4n) is 2.59. The Bertz CT molecular complexity index is 908. The molecule has 1 unspecified atom stereocenters. The van der Waals surface area contributed by atoms with Gasteiger partial charge in [-0.3, -0.25) is 9.59 Å². The number of nitrogens with one attached hydrogen (secondary N) is 2. The van der Waals surface area contributed by atoms with E-state index in [4.69, 9.17) is 11.6 Å². The lowest BCUT2D eigenvalue weighted by Crippen LogP contribution is -2.29. The molecule has 0 saturated heterocycles. The largest absolute Gasteiger partial charge is 0.349 e. The van der Waals surface area contributed by atoms with Crippen molar-refractivity contribution in [3.63, 3.8) is 0 Å².